The largest absolute Gasteiger partial charge is 0.310 e. The standard InChI is InChI=1S/C16H30N2/c1-13-2-4-14(5-3-13)8-10-18-11-9-16(12-18)17-15-6-7-15/h13-17H,2-12H2,1H3. The Balaban J connectivity index is 1.31. The fourth-order valence-corrected chi connectivity index (χ4v) is 3.74. The summed E-state index contributed by atoms with van der Waals surface area (Å²) in [5.41, 5.74) is 0. The maximum absolute atomic E-state index is 3.78. The van der Waals surface area contributed by atoms with Gasteiger partial charge in [-0.1, -0.05) is 32.6 Å². The van der Waals surface area contributed by atoms with Crippen molar-refractivity contribution in [2.45, 2.75) is 70.4 Å². The lowest BCUT2D eigenvalue weighted by Gasteiger charge is -2.27. The van der Waals surface area contributed by atoms with Crippen molar-refractivity contribution in [3.8, 4) is 0 Å². The second-order valence-corrected chi connectivity index (χ2v) is 7.14. The average molecular weight is 250 g/mol. The molecular formula is C16H30N2. The van der Waals surface area contributed by atoms with Crippen molar-refractivity contribution in [3.63, 3.8) is 0 Å². The lowest BCUT2D eigenvalue weighted by molar-refractivity contribution is 0.236. The molecule has 1 heterocycles. The lowest BCUT2D eigenvalue weighted by atomic mass is 9.81. The molecule has 1 unspecified atom stereocenters. The van der Waals surface area contributed by atoms with Crippen LogP contribution in [-0.2, 0) is 0 Å². The quantitative estimate of drug-likeness (QED) is 0.807. The number of hydrogen-bond donors (Lipinski definition) is 1. The van der Waals surface area contributed by atoms with Gasteiger partial charge in [0, 0.05) is 18.6 Å². The summed E-state index contributed by atoms with van der Waals surface area (Å²) in [6, 6.07) is 1.69. The number of hydrogen-bond acceptors (Lipinski definition) is 2. The van der Waals surface area contributed by atoms with E-state index in [0.29, 0.717) is 0 Å². The molecule has 0 bridgehead atoms. The Morgan fingerprint density at radius 1 is 0.944 bits per heavy atom. The van der Waals surface area contributed by atoms with Crippen molar-refractivity contribution in [1.82, 2.24) is 10.2 Å². The van der Waals surface area contributed by atoms with Crippen molar-refractivity contribution >= 4 is 0 Å². The van der Waals surface area contributed by atoms with E-state index in [-0.39, 0.29) is 0 Å². The van der Waals surface area contributed by atoms with Gasteiger partial charge < -0.3 is 10.2 Å². The molecule has 104 valence electrons. The summed E-state index contributed by atoms with van der Waals surface area (Å²) in [5, 5.41) is 3.78. The van der Waals surface area contributed by atoms with Crippen LogP contribution in [0.15, 0.2) is 0 Å². The van der Waals surface area contributed by atoms with E-state index in [1.54, 1.807) is 0 Å². The molecule has 3 rings (SSSR count). The Morgan fingerprint density at radius 2 is 1.72 bits per heavy atom. The van der Waals surface area contributed by atoms with E-state index in [1.165, 1.54) is 71.0 Å². The Morgan fingerprint density at radius 3 is 2.44 bits per heavy atom. The summed E-state index contributed by atoms with van der Waals surface area (Å²) in [7, 11) is 0. The third-order valence-electron chi connectivity index (χ3n) is 5.31. The SMILES string of the molecule is CC1CCC(CCN2CCC(NC3CC3)C2)CC1. The first kappa shape index (κ1) is 12.9. The normalized spacial score (nSPS) is 38.2. The Hall–Kier alpha value is -0.0800. The molecule has 0 amide bonds. The van der Waals surface area contributed by atoms with E-state index in [9.17, 15) is 0 Å². The number of nitrogens with one attached hydrogen (secondary N) is 1. The minimum absolute atomic E-state index is 0.809. The molecule has 0 aromatic rings. The maximum Gasteiger partial charge on any atom is 0.0209 e. The minimum Gasteiger partial charge on any atom is -0.310 e. The van der Waals surface area contributed by atoms with Gasteiger partial charge in [0.15, 0.2) is 0 Å². The second-order valence-electron chi connectivity index (χ2n) is 7.14. The summed E-state index contributed by atoms with van der Waals surface area (Å²) in [4.78, 5) is 2.71. The Bertz CT molecular complexity index is 254. The summed E-state index contributed by atoms with van der Waals surface area (Å²) in [6.45, 7) is 6.44. The first-order valence-corrected chi connectivity index (χ1v) is 8.28. The molecule has 3 fully saturated rings. The van der Waals surface area contributed by atoms with Gasteiger partial charge in [-0.2, -0.15) is 0 Å². The van der Waals surface area contributed by atoms with Crippen LogP contribution in [-0.4, -0.2) is 36.6 Å². The summed E-state index contributed by atoms with van der Waals surface area (Å²) in [5.74, 6) is 2.04. The molecule has 0 spiro atoms. The Kier molecular flexibility index (Phi) is 4.25. The van der Waals surface area contributed by atoms with Gasteiger partial charge >= 0.3 is 0 Å². The molecule has 1 atom stereocenters. The van der Waals surface area contributed by atoms with Crippen molar-refractivity contribution < 1.29 is 0 Å². The van der Waals surface area contributed by atoms with Crippen molar-refractivity contribution in [3.05, 3.63) is 0 Å². The van der Waals surface area contributed by atoms with Crippen molar-refractivity contribution in [1.29, 1.82) is 0 Å². The highest BCUT2D eigenvalue weighted by atomic mass is 15.2. The van der Waals surface area contributed by atoms with Crippen molar-refractivity contribution in [2.24, 2.45) is 11.8 Å². The van der Waals surface area contributed by atoms with E-state index in [4.69, 9.17) is 0 Å². The molecule has 18 heavy (non-hydrogen) atoms. The van der Waals surface area contributed by atoms with Crippen LogP contribution in [0.1, 0.15) is 58.3 Å². The van der Waals surface area contributed by atoms with Gasteiger partial charge in [0.25, 0.3) is 0 Å². The Labute approximate surface area is 113 Å². The lowest BCUT2D eigenvalue weighted by Crippen LogP contribution is -2.34. The molecule has 2 aliphatic carbocycles. The van der Waals surface area contributed by atoms with Crippen LogP contribution in [0.2, 0.25) is 0 Å². The van der Waals surface area contributed by atoms with Gasteiger partial charge in [-0.3, -0.25) is 0 Å². The highest BCUT2D eigenvalue weighted by molar-refractivity contribution is 4.89. The van der Waals surface area contributed by atoms with Crippen LogP contribution in [0, 0.1) is 11.8 Å². The summed E-state index contributed by atoms with van der Waals surface area (Å²) in [6.07, 6.45) is 11.7. The zero-order valence-electron chi connectivity index (χ0n) is 12.0. The van der Waals surface area contributed by atoms with Gasteiger partial charge in [0.2, 0.25) is 0 Å². The van der Waals surface area contributed by atoms with E-state index in [0.717, 1.165) is 23.9 Å². The number of likely N-dealkylation sites (tertiary alicyclic amines) is 1. The minimum atomic E-state index is 0.809. The first-order valence-electron chi connectivity index (χ1n) is 8.28. The number of nitrogens with zero attached hydrogens (tertiary/aromatic N) is 1. The van der Waals surface area contributed by atoms with Crippen LogP contribution in [0.3, 0.4) is 0 Å². The molecule has 2 saturated carbocycles. The van der Waals surface area contributed by atoms with Gasteiger partial charge in [0.1, 0.15) is 0 Å². The van der Waals surface area contributed by atoms with E-state index < -0.39 is 0 Å². The zero-order valence-corrected chi connectivity index (χ0v) is 12.0. The second kappa shape index (κ2) is 5.92. The van der Waals surface area contributed by atoms with E-state index >= 15 is 0 Å². The van der Waals surface area contributed by atoms with E-state index in [1.807, 2.05) is 0 Å². The molecular weight excluding hydrogens is 220 g/mol. The summed E-state index contributed by atoms with van der Waals surface area (Å²) < 4.78 is 0. The van der Waals surface area contributed by atoms with Gasteiger partial charge in [-0.15, -0.1) is 0 Å². The molecule has 3 aliphatic rings. The molecule has 0 radical (unpaired) electrons. The van der Waals surface area contributed by atoms with Crippen LogP contribution < -0.4 is 5.32 Å². The predicted molar refractivity (Wildman–Crippen MR) is 76.7 cm³/mol. The molecule has 2 nitrogen and oxygen atoms in total. The van der Waals surface area contributed by atoms with Gasteiger partial charge in [-0.25, -0.2) is 0 Å². The predicted octanol–water partition coefficient (Wildman–Crippen LogP) is 3.03. The highest BCUT2D eigenvalue weighted by Crippen LogP contribution is 2.30. The van der Waals surface area contributed by atoms with Crippen LogP contribution in [0.4, 0.5) is 0 Å². The monoisotopic (exact) mass is 250 g/mol. The molecule has 1 saturated heterocycles. The molecule has 0 aromatic heterocycles. The average Bonchev–Trinajstić information content (AvgIpc) is 3.07. The van der Waals surface area contributed by atoms with Crippen LogP contribution in [0.25, 0.3) is 0 Å². The first-order chi connectivity index (χ1) is 8.79. The van der Waals surface area contributed by atoms with Crippen molar-refractivity contribution in [2.75, 3.05) is 19.6 Å². The van der Waals surface area contributed by atoms with Crippen LogP contribution in [0.5, 0.6) is 0 Å². The smallest absolute Gasteiger partial charge is 0.0209 e. The van der Waals surface area contributed by atoms with E-state index in [2.05, 4.69) is 17.1 Å². The fraction of sp³-hybridized carbons (Fsp3) is 1.00. The maximum atomic E-state index is 3.78. The number of rotatable bonds is 5. The third-order valence-corrected chi connectivity index (χ3v) is 5.31. The summed E-state index contributed by atoms with van der Waals surface area (Å²) >= 11 is 0. The zero-order chi connectivity index (χ0) is 12.4. The molecule has 0 aromatic carbocycles. The molecule has 1 aliphatic heterocycles. The fourth-order valence-electron chi connectivity index (χ4n) is 3.74. The van der Waals surface area contributed by atoms with Crippen LogP contribution >= 0.6 is 0 Å². The van der Waals surface area contributed by atoms with Gasteiger partial charge in [0.05, 0.1) is 0 Å². The highest BCUT2D eigenvalue weighted by Gasteiger charge is 2.29. The molecule has 1 N–H and O–H groups in total. The third kappa shape index (κ3) is 3.71. The molecule has 2 heteroatoms. The topological polar surface area (TPSA) is 15.3 Å². The van der Waals surface area contributed by atoms with Gasteiger partial charge in [-0.05, 0) is 50.6 Å².